The molecule has 2 aromatic rings. The lowest BCUT2D eigenvalue weighted by Crippen LogP contribution is -2.34. The van der Waals surface area contributed by atoms with Crippen LogP contribution in [0.25, 0.3) is 0 Å². The lowest BCUT2D eigenvalue weighted by molar-refractivity contribution is 0.458. The van der Waals surface area contributed by atoms with Gasteiger partial charge in [-0.15, -0.1) is 0 Å². The van der Waals surface area contributed by atoms with Crippen LogP contribution in [-0.2, 0) is 19.4 Å². The van der Waals surface area contributed by atoms with Gasteiger partial charge in [0.25, 0.3) is 0 Å². The van der Waals surface area contributed by atoms with Crippen molar-refractivity contribution in [3.8, 4) is 0 Å². The molecule has 2 nitrogen and oxygen atoms in total. The normalized spacial score (nSPS) is 17.8. The van der Waals surface area contributed by atoms with E-state index in [1.165, 1.54) is 23.1 Å². The Labute approximate surface area is 125 Å². The van der Waals surface area contributed by atoms with Gasteiger partial charge in [-0.3, -0.25) is 0 Å². The molecule has 0 bridgehead atoms. The second-order valence-corrected chi connectivity index (χ2v) is 5.92. The van der Waals surface area contributed by atoms with Crippen LogP contribution in [0.1, 0.15) is 23.1 Å². The number of benzene rings is 2. The van der Waals surface area contributed by atoms with Crippen LogP contribution in [0, 0.1) is 0 Å². The van der Waals surface area contributed by atoms with Crippen molar-refractivity contribution in [2.24, 2.45) is 0 Å². The van der Waals surface area contributed by atoms with E-state index in [9.17, 15) is 0 Å². The largest absolute Gasteiger partial charge is 0.399 e. The van der Waals surface area contributed by atoms with Crippen molar-refractivity contribution in [1.29, 1.82) is 0 Å². The highest BCUT2D eigenvalue weighted by molar-refractivity contribution is 6.30. The first kappa shape index (κ1) is 13.5. The van der Waals surface area contributed by atoms with Gasteiger partial charge >= 0.3 is 0 Å². The molecule has 0 spiro atoms. The summed E-state index contributed by atoms with van der Waals surface area (Å²) >= 11 is 6.01. The number of anilines is 1. The number of fused-ring (bicyclic) bond motifs is 1. The van der Waals surface area contributed by atoms with E-state index in [0.717, 1.165) is 30.1 Å². The summed E-state index contributed by atoms with van der Waals surface area (Å²) in [6.45, 7) is 0.864. The Balaban J connectivity index is 1.63. The van der Waals surface area contributed by atoms with E-state index in [1.807, 2.05) is 24.3 Å². The van der Waals surface area contributed by atoms with Gasteiger partial charge in [-0.2, -0.15) is 0 Å². The Kier molecular flexibility index (Phi) is 3.95. The van der Waals surface area contributed by atoms with Crippen molar-refractivity contribution in [2.45, 2.75) is 31.8 Å². The maximum Gasteiger partial charge on any atom is 0.0409 e. The zero-order valence-electron chi connectivity index (χ0n) is 11.4. The van der Waals surface area contributed by atoms with Gasteiger partial charge in [0, 0.05) is 23.3 Å². The Hall–Kier alpha value is -1.51. The molecule has 3 heteroatoms. The number of nitrogens with two attached hydrogens (primary N) is 1. The van der Waals surface area contributed by atoms with Crippen LogP contribution >= 0.6 is 11.6 Å². The summed E-state index contributed by atoms with van der Waals surface area (Å²) in [5.74, 6) is 0. The third kappa shape index (κ3) is 3.14. The third-order valence-electron chi connectivity index (χ3n) is 3.94. The van der Waals surface area contributed by atoms with E-state index in [0.29, 0.717) is 6.04 Å². The fourth-order valence-electron chi connectivity index (χ4n) is 2.86. The van der Waals surface area contributed by atoms with Gasteiger partial charge in [-0.1, -0.05) is 29.8 Å². The lowest BCUT2D eigenvalue weighted by atomic mass is 9.88. The highest BCUT2D eigenvalue weighted by Gasteiger charge is 2.18. The van der Waals surface area contributed by atoms with Crippen LogP contribution in [-0.4, -0.2) is 6.04 Å². The zero-order valence-corrected chi connectivity index (χ0v) is 12.2. The Bertz CT molecular complexity index is 610. The van der Waals surface area contributed by atoms with E-state index in [-0.39, 0.29) is 0 Å². The molecule has 1 aliphatic carbocycles. The zero-order chi connectivity index (χ0) is 13.9. The Morgan fingerprint density at radius 1 is 1.15 bits per heavy atom. The van der Waals surface area contributed by atoms with Crippen LogP contribution in [0.5, 0.6) is 0 Å². The summed E-state index contributed by atoms with van der Waals surface area (Å²) in [5.41, 5.74) is 10.8. The van der Waals surface area contributed by atoms with Gasteiger partial charge in [0.1, 0.15) is 0 Å². The van der Waals surface area contributed by atoms with Gasteiger partial charge in [-0.25, -0.2) is 0 Å². The van der Waals surface area contributed by atoms with Gasteiger partial charge in [0.15, 0.2) is 0 Å². The number of hydrogen-bond donors (Lipinski definition) is 2. The average Bonchev–Trinajstić information content (AvgIpc) is 2.45. The average molecular weight is 287 g/mol. The van der Waals surface area contributed by atoms with Gasteiger partial charge < -0.3 is 11.1 Å². The molecule has 1 aliphatic rings. The van der Waals surface area contributed by atoms with E-state index in [4.69, 9.17) is 17.3 Å². The number of hydrogen-bond acceptors (Lipinski definition) is 2. The van der Waals surface area contributed by atoms with E-state index < -0.39 is 0 Å². The molecule has 0 radical (unpaired) electrons. The highest BCUT2D eigenvalue weighted by Crippen LogP contribution is 2.23. The summed E-state index contributed by atoms with van der Waals surface area (Å²) in [6.07, 6.45) is 3.36. The van der Waals surface area contributed by atoms with Gasteiger partial charge in [0.05, 0.1) is 0 Å². The molecule has 20 heavy (non-hydrogen) atoms. The third-order valence-corrected chi connectivity index (χ3v) is 4.18. The fourth-order valence-corrected chi connectivity index (χ4v) is 3.07. The quantitative estimate of drug-likeness (QED) is 0.847. The SMILES string of the molecule is Nc1ccc2c(c1)CC(NCc1cccc(Cl)c1)CC2. The molecule has 3 rings (SSSR count). The van der Waals surface area contributed by atoms with Crippen molar-refractivity contribution < 1.29 is 0 Å². The minimum atomic E-state index is 0.517. The number of nitrogens with one attached hydrogen (secondary N) is 1. The van der Waals surface area contributed by atoms with Crippen molar-refractivity contribution in [3.63, 3.8) is 0 Å². The highest BCUT2D eigenvalue weighted by atomic mass is 35.5. The van der Waals surface area contributed by atoms with Crippen molar-refractivity contribution in [1.82, 2.24) is 5.32 Å². The summed E-state index contributed by atoms with van der Waals surface area (Å²) in [5, 5.41) is 4.42. The molecule has 0 aliphatic heterocycles. The van der Waals surface area contributed by atoms with Gasteiger partial charge in [0.2, 0.25) is 0 Å². The molecule has 0 fully saturated rings. The van der Waals surface area contributed by atoms with Crippen LogP contribution in [0.3, 0.4) is 0 Å². The minimum absolute atomic E-state index is 0.517. The van der Waals surface area contributed by atoms with Gasteiger partial charge in [-0.05, 0) is 60.2 Å². The minimum Gasteiger partial charge on any atom is -0.399 e. The molecule has 3 N–H and O–H groups in total. The summed E-state index contributed by atoms with van der Waals surface area (Å²) in [7, 11) is 0. The second-order valence-electron chi connectivity index (χ2n) is 5.48. The van der Waals surface area contributed by atoms with Crippen LogP contribution < -0.4 is 11.1 Å². The molecule has 0 aromatic heterocycles. The number of nitrogen functional groups attached to an aromatic ring is 1. The number of rotatable bonds is 3. The van der Waals surface area contributed by atoms with Crippen LogP contribution in [0.2, 0.25) is 5.02 Å². The number of aryl methyl sites for hydroxylation is 1. The first-order valence-electron chi connectivity index (χ1n) is 7.06. The lowest BCUT2D eigenvalue weighted by Gasteiger charge is -2.26. The van der Waals surface area contributed by atoms with Crippen LogP contribution in [0.4, 0.5) is 5.69 Å². The monoisotopic (exact) mass is 286 g/mol. The topological polar surface area (TPSA) is 38.0 Å². The molecule has 0 saturated heterocycles. The Morgan fingerprint density at radius 2 is 2.05 bits per heavy atom. The standard InChI is InChI=1S/C17H19ClN2/c18-15-3-1-2-12(8-15)11-20-17-7-5-13-4-6-16(19)9-14(13)10-17/h1-4,6,8-9,17,20H,5,7,10-11,19H2. The molecule has 2 aromatic carbocycles. The molecular formula is C17H19ClN2. The van der Waals surface area contributed by atoms with Crippen molar-refractivity contribution in [3.05, 3.63) is 64.2 Å². The molecule has 0 amide bonds. The van der Waals surface area contributed by atoms with Crippen LogP contribution in [0.15, 0.2) is 42.5 Å². The molecular weight excluding hydrogens is 268 g/mol. The molecule has 0 saturated carbocycles. The predicted molar refractivity (Wildman–Crippen MR) is 85.0 cm³/mol. The van der Waals surface area contributed by atoms with Crippen molar-refractivity contribution in [2.75, 3.05) is 5.73 Å². The predicted octanol–water partition coefficient (Wildman–Crippen LogP) is 3.57. The fraction of sp³-hybridized carbons (Fsp3) is 0.294. The number of halogens is 1. The first-order chi connectivity index (χ1) is 9.70. The molecule has 1 unspecified atom stereocenters. The van der Waals surface area contributed by atoms with Crippen molar-refractivity contribution >= 4 is 17.3 Å². The Morgan fingerprint density at radius 3 is 2.90 bits per heavy atom. The van der Waals surface area contributed by atoms with E-state index >= 15 is 0 Å². The molecule has 1 atom stereocenters. The maximum absolute atomic E-state index is 6.01. The first-order valence-corrected chi connectivity index (χ1v) is 7.43. The summed E-state index contributed by atoms with van der Waals surface area (Å²) < 4.78 is 0. The smallest absolute Gasteiger partial charge is 0.0409 e. The van der Waals surface area contributed by atoms with E-state index in [2.05, 4.69) is 23.5 Å². The second kappa shape index (κ2) is 5.86. The molecule has 0 heterocycles. The summed E-state index contributed by atoms with van der Waals surface area (Å²) in [4.78, 5) is 0. The van der Waals surface area contributed by atoms with E-state index in [1.54, 1.807) is 0 Å². The molecule has 104 valence electrons. The maximum atomic E-state index is 6.01. The summed E-state index contributed by atoms with van der Waals surface area (Å²) in [6, 6.07) is 14.8.